The normalized spacial score (nSPS) is 14.7. The van der Waals surface area contributed by atoms with Gasteiger partial charge in [0, 0.05) is 10.5 Å². The van der Waals surface area contributed by atoms with E-state index in [-0.39, 0.29) is 5.91 Å². The van der Waals surface area contributed by atoms with E-state index >= 15 is 0 Å². The van der Waals surface area contributed by atoms with E-state index in [2.05, 4.69) is 10.4 Å². The Balaban J connectivity index is 1.68. The molecular formula is C24H21N3O2S. The molecule has 3 aromatic carbocycles. The summed E-state index contributed by atoms with van der Waals surface area (Å²) in [5.41, 5.74) is 6.11. The minimum Gasteiger partial charge on any atom is -0.497 e. The number of benzene rings is 3. The van der Waals surface area contributed by atoms with Crippen molar-refractivity contribution in [3.8, 4) is 5.75 Å². The maximum absolute atomic E-state index is 13.2. The van der Waals surface area contributed by atoms with E-state index < -0.39 is 0 Å². The van der Waals surface area contributed by atoms with Gasteiger partial charge in [-0.15, -0.1) is 11.8 Å². The van der Waals surface area contributed by atoms with Crippen molar-refractivity contribution in [1.82, 2.24) is 5.01 Å². The average molecular weight is 416 g/mol. The van der Waals surface area contributed by atoms with Gasteiger partial charge in [0.1, 0.15) is 11.4 Å². The lowest BCUT2D eigenvalue weighted by molar-refractivity contribution is -0.121. The molecule has 0 radical (unpaired) electrons. The smallest absolute Gasteiger partial charge is 0.297 e. The van der Waals surface area contributed by atoms with E-state index in [1.165, 1.54) is 9.90 Å². The number of methoxy groups -OCH3 is 1. The van der Waals surface area contributed by atoms with Crippen LogP contribution in [-0.2, 0) is 4.79 Å². The molecule has 0 bridgehead atoms. The molecule has 0 unspecified atom stereocenters. The Labute approximate surface area is 180 Å². The van der Waals surface area contributed by atoms with Crippen molar-refractivity contribution in [1.29, 1.82) is 0 Å². The van der Waals surface area contributed by atoms with Crippen molar-refractivity contribution in [3.05, 3.63) is 95.7 Å². The fraction of sp³-hybridized carbons (Fsp3) is 0.0833. The van der Waals surface area contributed by atoms with E-state index in [0.29, 0.717) is 11.5 Å². The van der Waals surface area contributed by atoms with Crippen LogP contribution in [-0.4, -0.2) is 30.1 Å². The van der Waals surface area contributed by atoms with Crippen LogP contribution >= 0.6 is 11.8 Å². The first kappa shape index (κ1) is 19.8. The van der Waals surface area contributed by atoms with Gasteiger partial charge in [-0.2, -0.15) is 5.01 Å². The second kappa shape index (κ2) is 8.88. The summed E-state index contributed by atoms with van der Waals surface area (Å²) in [6.45, 7) is 0. The molecule has 150 valence electrons. The fourth-order valence-corrected chi connectivity index (χ4v) is 3.46. The fourth-order valence-electron chi connectivity index (χ4n) is 3.05. The Kier molecular flexibility index (Phi) is 5.86. The summed E-state index contributed by atoms with van der Waals surface area (Å²) in [7, 11) is 1.62. The molecule has 4 rings (SSSR count). The van der Waals surface area contributed by atoms with Gasteiger partial charge < -0.3 is 4.74 Å². The van der Waals surface area contributed by atoms with Crippen LogP contribution in [0.3, 0.4) is 0 Å². The molecule has 1 heterocycles. The van der Waals surface area contributed by atoms with Crippen LogP contribution in [0.4, 0.5) is 5.69 Å². The highest BCUT2D eigenvalue weighted by Crippen LogP contribution is 2.25. The van der Waals surface area contributed by atoms with Crippen molar-refractivity contribution in [3.63, 3.8) is 0 Å². The first-order valence-corrected chi connectivity index (χ1v) is 10.7. The van der Waals surface area contributed by atoms with Crippen LogP contribution in [0.25, 0.3) is 6.08 Å². The number of hydrazine groups is 1. The summed E-state index contributed by atoms with van der Waals surface area (Å²) in [6, 6.07) is 25.1. The van der Waals surface area contributed by atoms with E-state index in [1.807, 2.05) is 91.2 Å². The summed E-state index contributed by atoms with van der Waals surface area (Å²) in [5.74, 6) is 1.10. The van der Waals surface area contributed by atoms with Crippen LogP contribution < -0.4 is 10.2 Å². The number of hydrogen-bond donors (Lipinski definition) is 1. The van der Waals surface area contributed by atoms with Gasteiger partial charge in [0.2, 0.25) is 0 Å². The number of anilines is 1. The highest BCUT2D eigenvalue weighted by atomic mass is 32.2. The van der Waals surface area contributed by atoms with E-state index in [9.17, 15) is 4.79 Å². The molecule has 1 aliphatic rings. The first-order valence-electron chi connectivity index (χ1n) is 9.43. The number of thioether (sulfide) groups is 1. The monoisotopic (exact) mass is 415 g/mol. The predicted molar refractivity (Wildman–Crippen MR) is 123 cm³/mol. The first-order chi connectivity index (χ1) is 14.7. The number of nitrogens with zero attached hydrogens (tertiary/aromatic N) is 2. The maximum Gasteiger partial charge on any atom is 0.297 e. The number of nitrogens with one attached hydrogen (secondary N) is 1. The summed E-state index contributed by atoms with van der Waals surface area (Å²) in [4.78, 5) is 19.0. The lowest BCUT2D eigenvalue weighted by Gasteiger charge is -2.20. The summed E-state index contributed by atoms with van der Waals surface area (Å²) >= 11 is 1.68. The summed E-state index contributed by atoms with van der Waals surface area (Å²) in [5, 5.41) is 1.49. The molecule has 0 saturated carbocycles. The van der Waals surface area contributed by atoms with Crippen LogP contribution in [0.2, 0.25) is 0 Å². The molecular weight excluding hydrogens is 394 g/mol. The molecule has 0 aromatic heterocycles. The summed E-state index contributed by atoms with van der Waals surface area (Å²) in [6.07, 6.45) is 3.85. The van der Waals surface area contributed by atoms with Gasteiger partial charge in [-0.3, -0.25) is 10.2 Å². The highest BCUT2D eigenvalue weighted by Gasteiger charge is 2.31. The van der Waals surface area contributed by atoms with Gasteiger partial charge in [-0.25, -0.2) is 4.99 Å². The molecule has 1 N–H and O–H groups in total. The van der Waals surface area contributed by atoms with Gasteiger partial charge in [0.05, 0.1) is 12.8 Å². The highest BCUT2D eigenvalue weighted by molar-refractivity contribution is 7.98. The lowest BCUT2D eigenvalue weighted by Crippen LogP contribution is -2.37. The van der Waals surface area contributed by atoms with Crippen LogP contribution in [0.5, 0.6) is 5.75 Å². The Hall–Kier alpha value is -3.51. The van der Waals surface area contributed by atoms with Crippen molar-refractivity contribution >= 4 is 35.3 Å². The lowest BCUT2D eigenvalue weighted by atomic mass is 10.2. The molecule has 1 aliphatic heterocycles. The molecule has 0 aliphatic carbocycles. The summed E-state index contributed by atoms with van der Waals surface area (Å²) < 4.78 is 5.21. The molecule has 3 aromatic rings. The van der Waals surface area contributed by atoms with Gasteiger partial charge in [-0.05, 0) is 54.3 Å². The number of carbonyl (C=O) groups is 1. The zero-order valence-electron chi connectivity index (χ0n) is 16.7. The third kappa shape index (κ3) is 4.23. The third-order valence-electron chi connectivity index (χ3n) is 4.64. The number of ether oxygens (including phenoxy) is 1. The number of carbonyl (C=O) groups excluding carboxylic acids is 1. The van der Waals surface area contributed by atoms with Gasteiger partial charge in [0.25, 0.3) is 5.91 Å². The zero-order chi connectivity index (χ0) is 20.9. The second-order valence-corrected chi connectivity index (χ2v) is 7.46. The Morgan fingerprint density at radius 2 is 1.67 bits per heavy atom. The second-order valence-electron chi connectivity index (χ2n) is 6.59. The molecule has 6 heteroatoms. The average Bonchev–Trinajstić information content (AvgIpc) is 3.10. The van der Waals surface area contributed by atoms with E-state index in [0.717, 1.165) is 22.6 Å². The van der Waals surface area contributed by atoms with Crippen LogP contribution in [0.15, 0.2) is 94.4 Å². The maximum atomic E-state index is 13.2. The molecule has 5 nitrogen and oxygen atoms in total. The SMILES string of the molecule is COc1ccc(NN2C(=O)/C(=C\c3ccc(SC)cc3)N=C2c2ccccc2)cc1. The Morgan fingerprint density at radius 3 is 2.30 bits per heavy atom. The number of hydrogen-bond acceptors (Lipinski definition) is 5. The number of amides is 1. The van der Waals surface area contributed by atoms with Crippen LogP contribution in [0.1, 0.15) is 11.1 Å². The number of amidine groups is 1. The molecule has 0 atom stereocenters. The molecule has 0 fully saturated rings. The van der Waals surface area contributed by atoms with Gasteiger partial charge in [0.15, 0.2) is 5.84 Å². The van der Waals surface area contributed by atoms with E-state index in [1.54, 1.807) is 18.9 Å². The zero-order valence-corrected chi connectivity index (χ0v) is 17.5. The van der Waals surface area contributed by atoms with Crippen molar-refractivity contribution in [2.45, 2.75) is 4.90 Å². The number of rotatable bonds is 6. The Morgan fingerprint density at radius 1 is 0.967 bits per heavy atom. The number of aliphatic imine (C=N–C) groups is 1. The largest absolute Gasteiger partial charge is 0.497 e. The quantitative estimate of drug-likeness (QED) is 0.451. The van der Waals surface area contributed by atoms with E-state index in [4.69, 9.17) is 4.74 Å². The minimum absolute atomic E-state index is 0.210. The molecule has 30 heavy (non-hydrogen) atoms. The van der Waals surface area contributed by atoms with Crippen LogP contribution in [0, 0.1) is 0 Å². The molecule has 0 saturated heterocycles. The standard InChI is InChI=1S/C24H21N3O2S/c1-29-20-12-10-19(11-13-20)26-27-23(18-6-4-3-5-7-18)25-22(24(27)28)16-17-8-14-21(30-2)15-9-17/h3-16,26H,1-2H3/b22-16+. The van der Waals surface area contributed by atoms with Crippen molar-refractivity contribution in [2.24, 2.45) is 4.99 Å². The van der Waals surface area contributed by atoms with Crippen molar-refractivity contribution in [2.75, 3.05) is 18.8 Å². The Bertz CT molecular complexity index is 1090. The molecule has 1 amide bonds. The third-order valence-corrected chi connectivity index (χ3v) is 5.39. The predicted octanol–water partition coefficient (Wildman–Crippen LogP) is 5.07. The molecule has 0 spiro atoms. The van der Waals surface area contributed by atoms with Crippen molar-refractivity contribution < 1.29 is 9.53 Å². The van der Waals surface area contributed by atoms with Gasteiger partial charge >= 0.3 is 0 Å². The topological polar surface area (TPSA) is 53.9 Å². The van der Waals surface area contributed by atoms with Gasteiger partial charge in [-0.1, -0.05) is 42.5 Å². The minimum atomic E-state index is -0.210.